The molecule has 17 heavy (non-hydrogen) atoms. The van der Waals surface area contributed by atoms with Gasteiger partial charge in [-0.25, -0.2) is 4.99 Å². The maximum atomic E-state index is 3.57. The molecule has 0 spiro atoms. The summed E-state index contributed by atoms with van der Waals surface area (Å²) >= 11 is 0. The highest BCUT2D eigenvalue weighted by atomic mass is 15.2. The van der Waals surface area contributed by atoms with Gasteiger partial charge in [0, 0.05) is 0 Å². The Labute approximate surface area is 103 Å². The second kappa shape index (κ2) is 4.88. The standard InChI is InChI=1S/C14H21N3/c1-9(2)15-13-11-7-5-6-8-12(11)14(17-13)16-10(3)4/h5-10,13,15H,1-4H3,(H,16,17)/p+2/t13-/m1/s1. The van der Waals surface area contributed by atoms with Crippen molar-refractivity contribution in [2.75, 3.05) is 0 Å². The molecule has 0 radical (unpaired) electrons. The lowest BCUT2D eigenvalue weighted by atomic mass is 10.1. The van der Waals surface area contributed by atoms with Crippen molar-refractivity contribution >= 4 is 5.84 Å². The fraction of sp³-hybridized carbons (Fsp3) is 0.500. The number of nitrogens with two attached hydrogens (primary N) is 1. The Morgan fingerprint density at radius 1 is 1.18 bits per heavy atom. The Hall–Kier alpha value is -1.35. The summed E-state index contributed by atoms with van der Waals surface area (Å²) in [7, 11) is 0. The van der Waals surface area contributed by atoms with Gasteiger partial charge >= 0.3 is 0 Å². The van der Waals surface area contributed by atoms with E-state index in [2.05, 4.69) is 67.6 Å². The minimum atomic E-state index is 0.340. The zero-order valence-electron chi connectivity index (χ0n) is 11.1. The number of fused-ring (bicyclic) bond motifs is 1. The number of quaternary nitrogens is 1. The van der Waals surface area contributed by atoms with Gasteiger partial charge in [0.2, 0.25) is 6.17 Å². The average molecular weight is 233 g/mol. The van der Waals surface area contributed by atoms with E-state index in [0.717, 1.165) is 5.84 Å². The molecule has 0 aliphatic carbocycles. The molecule has 1 aliphatic heterocycles. The minimum Gasteiger partial charge on any atom is -0.302 e. The Bertz CT molecular complexity index is 421. The summed E-state index contributed by atoms with van der Waals surface area (Å²) in [6.07, 6.45) is 0.340. The summed E-state index contributed by atoms with van der Waals surface area (Å²) in [6, 6.07) is 9.63. The fourth-order valence-electron chi connectivity index (χ4n) is 2.25. The molecule has 0 saturated carbocycles. The molecule has 4 N–H and O–H groups in total. The van der Waals surface area contributed by atoms with Crippen molar-refractivity contribution in [2.45, 2.75) is 45.9 Å². The van der Waals surface area contributed by atoms with Crippen molar-refractivity contribution in [3.05, 3.63) is 35.4 Å². The first-order valence-electron chi connectivity index (χ1n) is 6.42. The first kappa shape index (κ1) is 12.1. The highest BCUT2D eigenvalue weighted by Crippen LogP contribution is 2.14. The van der Waals surface area contributed by atoms with Crippen LogP contribution in [0.5, 0.6) is 0 Å². The van der Waals surface area contributed by atoms with E-state index in [4.69, 9.17) is 0 Å². The number of hydrogen-bond donors (Lipinski definition) is 3. The summed E-state index contributed by atoms with van der Waals surface area (Å²) in [5.41, 5.74) is 2.69. The van der Waals surface area contributed by atoms with E-state index in [1.807, 2.05) is 0 Å². The lowest BCUT2D eigenvalue weighted by molar-refractivity contribution is -0.858. The van der Waals surface area contributed by atoms with Gasteiger partial charge in [-0.2, -0.15) is 0 Å². The van der Waals surface area contributed by atoms with E-state index in [1.54, 1.807) is 0 Å². The SMILES string of the molecule is CC(C)NC1=[NH+][C@@H]([NH2+]C(C)C)c2ccccc21. The summed E-state index contributed by atoms with van der Waals surface area (Å²) in [5.74, 6) is 1.16. The number of hydrogen-bond acceptors (Lipinski definition) is 1. The molecule has 2 rings (SSSR count). The third kappa shape index (κ3) is 2.67. The smallest absolute Gasteiger partial charge is 0.280 e. The predicted molar refractivity (Wildman–Crippen MR) is 69.6 cm³/mol. The normalized spacial score (nSPS) is 18.5. The maximum absolute atomic E-state index is 3.57. The van der Waals surface area contributed by atoms with Gasteiger partial charge in [0.1, 0.15) is 0 Å². The van der Waals surface area contributed by atoms with E-state index < -0.39 is 0 Å². The largest absolute Gasteiger partial charge is 0.302 e. The summed E-state index contributed by atoms with van der Waals surface area (Å²) in [4.78, 5) is 3.57. The monoisotopic (exact) mass is 233 g/mol. The lowest BCUT2D eigenvalue weighted by Crippen LogP contribution is -3.02. The van der Waals surface area contributed by atoms with Gasteiger partial charge in [0.05, 0.1) is 23.2 Å². The van der Waals surface area contributed by atoms with Crippen LogP contribution in [0.3, 0.4) is 0 Å². The van der Waals surface area contributed by atoms with Crippen LogP contribution in [0.15, 0.2) is 24.3 Å². The Morgan fingerprint density at radius 2 is 1.88 bits per heavy atom. The van der Waals surface area contributed by atoms with E-state index >= 15 is 0 Å². The highest BCUT2D eigenvalue weighted by molar-refractivity contribution is 5.97. The van der Waals surface area contributed by atoms with Crippen LogP contribution in [-0.2, 0) is 0 Å². The van der Waals surface area contributed by atoms with Crippen LogP contribution in [0, 0.1) is 0 Å². The molecule has 0 bridgehead atoms. The number of rotatable bonds is 3. The van der Waals surface area contributed by atoms with Crippen LogP contribution >= 0.6 is 0 Å². The molecule has 1 aromatic carbocycles. The molecule has 1 atom stereocenters. The molecule has 0 amide bonds. The van der Waals surface area contributed by atoms with Gasteiger partial charge < -0.3 is 5.32 Å². The average Bonchev–Trinajstić information content (AvgIpc) is 2.56. The molecule has 0 aromatic heterocycles. The summed E-state index contributed by atoms with van der Waals surface area (Å²) in [5, 5.41) is 5.84. The molecule has 1 aliphatic rings. The molecule has 3 nitrogen and oxygen atoms in total. The van der Waals surface area contributed by atoms with Crippen molar-refractivity contribution < 1.29 is 10.3 Å². The van der Waals surface area contributed by atoms with Crippen molar-refractivity contribution in [3.63, 3.8) is 0 Å². The molecule has 3 heteroatoms. The molecule has 0 fully saturated rings. The number of amidine groups is 1. The van der Waals surface area contributed by atoms with E-state index in [-0.39, 0.29) is 0 Å². The molecule has 0 saturated heterocycles. The number of nitrogens with one attached hydrogen (secondary N) is 2. The highest BCUT2D eigenvalue weighted by Gasteiger charge is 2.32. The Balaban J connectivity index is 2.28. The quantitative estimate of drug-likeness (QED) is 0.647. The van der Waals surface area contributed by atoms with Crippen LogP contribution in [-0.4, -0.2) is 17.9 Å². The van der Waals surface area contributed by atoms with Gasteiger partial charge in [0.25, 0.3) is 5.84 Å². The van der Waals surface area contributed by atoms with Crippen LogP contribution in [0.25, 0.3) is 0 Å². The molecular weight excluding hydrogens is 210 g/mol. The molecule has 0 unspecified atom stereocenters. The summed E-state index contributed by atoms with van der Waals surface area (Å²) < 4.78 is 0. The second-order valence-electron chi connectivity index (χ2n) is 5.32. The molecule has 1 aromatic rings. The van der Waals surface area contributed by atoms with Crippen LogP contribution < -0.4 is 15.6 Å². The summed E-state index contributed by atoms with van der Waals surface area (Å²) in [6.45, 7) is 8.77. The molecule has 1 heterocycles. The van der Waals surface area contributed by atoms with E-state index in [9.17, 15) is 0 Å². The van der Waals surface area contributed by atoms with E-state index in [1.165, 1.54) is 11.1 Å². The zero-order chi connectivity index (χ0) is 12.4. The van der Waals surface area contributed by atoms with E-state index in [0.29, 0.717) is 18.2 Å². The first-order chi connectivity index (χ1) is 8.08. The van der Waals surface area contributed by atoms with Crippen molar-refractivity contribution in [1.29, 1.82) is 0 Å². The third-order valence-electron chi connectivity index (χ3n) is 2.88. The van der Waals surface area contributed by atoms with Crippen LogP contribution in [0.2, 0.25) is 0 Å². The van der Waals surface area contributed by atoms with Gasteiger partial charge in [0.15, 0.2) is 0 Å². The predicted octanol–water partition coefficient (Wildman–Crippen LogP) is -0.504. The Morgan fingerprint density at radius 3 is 2.53 bits per heavy atom. The van der Waals surface area contributed by atoms with Gasteiger partial charge in [-0.3, -0.25) is 5.32 Å². The minimum absolute atomic E-state index is 0.340. The third-order valence-corrected chi connectivity index (χ3v) is 2.88. The van der Waals surface area contributed by atoms with Crippen LogP contribution in [0.1, 0.15) is 45.0 Å². The van der Waals surface area contributed by atoms with Crippen molar-refractivity contribution in [2.24, 2.45) is 0 Å². The first-order valence-corrected chi connectivity index (χ1v) is 6.42. The zero-order valence-corrected chi connectivity index (χ0v) is 11.1. The van der Waals surface area contributed by atoms with Gasteiger partial charge in [-0.05, 0) is 39.8 Å². The number of benzene rings is 1. The van der Waals surface area contributed by atoms with Crippen molar-refractivity contribution in [3.8, 4) is 0 Å². The maximum Gasteiger partial charge on any atom is 0.280 e. The van der Waals surface area contributed by atoms with Crippen LogP contribution in [0.4, 0.5) is 0 Å². The topological polar surface area (TPSA) is 42.6 Å². The Kier molecular flexibility index (Phi) is 3.48. The van der Waals surface area contributed by atoms with Gasteiger partial charge in [-0.1, -0.05) is 12.1 Å². The molecular formula is C14H23N3+2. The molecule has 92 valence electrons. The second-order valence-corrected chi connectivity index (χ2v) is 5.32. The lowest BCUT2D eigenvalue weighted by Gasteiger charge is -2.09. The van der Waals surface area contributed by atoms with Crippen molar-refractivity contribution in [1.82, 2.24) is 5.32 Å². The van der Waals surface area contributed by atoms with Gasteiger partial charge in [-0.15, -0.1) is 0 Å². The fourth-order valence-corrected chi connectivity index (χ4v) is 2.25.